The second-order valence-corrected chi connectivity index (χ2v) is 6.09. The number of halogens is 1. The number of fused-ring (bicyclic) bond motifs is 1. The van der Waals surface area contributed by atoms with Crippen LogP contribution in [-0.4, -0.2) is 16.0 Å². The number of hydrogen-bond donors (Lipinski definition) is 1. The molecule has 18 heavy (non-hydrogen) atoms. The lowest BCUT2D eigenvalue weighted by atomic mass is 10.1. The molecule has 0 aliphatic heterocycles. The van der Waals surface area contributed by atoms with Crippen LogP contribution in [0.4, 0.5) is 0 Å². The van der Waals surface area contributed by atoms with Crippen LogP contribution < -0.4 is 0 Å². The van der Waals surface area contributed by atoms with Crippen LogP contribution in [0.3, 0.4) is 0 Å². The Balaban J connectivity index is 2.10. The zero-order valence-electron chi connectivity index (χ0n) is 9.98. The monoisotopic (exact) mass is 320 g/mol. The number of aromatic nitrogens is 1. The molecule has 2 nitrogen and oxygen atoms in total. The fourth-order valence-electron chi connectivity index (χ4n) is 1.55. The summed E-state index contributed by atoms with van der Waals surface area (Å²) >= 11 is 4.85. The van der Waals surface area contributed by atoms with Gasteiger partial charge in [-0.1, -0.05) is 30.5 Å². The second kappa shape index (κ2) is 6.07. The van der Waals surface area contributed by atoms with E-state index in [4.69, 9.17) is 0 Å². The summed E-state index contributed by atoms with van der Waals surface area (Å²) in [6, 6.07) is 8.37. The standard InChI is InChI=1S/C14H13BrN2S/c1-10(18-14(15)16-2)3-4-11-5-6-13-12(9-11)7-8-17-13/h3-9,17H,1H2,2H3/b4-3+,16-14?. The Bertz CT molecular complexity index is 626. The number of aliphatic imine (C=N–C) groups is 1. The van der Waals surface area contributed by atoms with Crippen molar-refractivity contribution in [1.82, 2.24) is 4.98 Å². The first kappa shape index (κ1) is 13.2. The van der Waals surface area contributed by atoms with Crippen LogP contribution in [0.5, 0.6) is 0 Å². The molecule has 0 fully saturated rings. The molecule has 0 saturated carbocycles. The molecule has 1 heterocycles. The summed E-state index contributed by atoms with van der Waals surface area (Å²) in [6.45, 7) is 3.97. The van der Waals surface area contributed by atoms with Crippen molar-refractivity contribution in [2.75, 3.05) is 7.05 Å². The van der Waals surface area contributed by atoms with E-state index in [2.05, 4.69) is 62.8 Å². The molecule has 0 saturated heterocycles. The molecule has 2 rings (SSSR count). The number of nitrogens with zero attached hydrogens (tertiary/aromatic N) is 1. The molecule has 4 heteroatoms. The van der Waals surface area contributed by atoms with Crippen LogP contribution in [0.1, 0.15) is 5.56 Å². The fourth-order valence-corrected chi connectivity index (χ4v) is 2.62. The molecule has 1 aromatic heterocycles. The maximum atomic E-state index is 4.01. The third-order valence-corrected chi connectivity index (χ3v) is 4.02. The number of H-pyrrole nitrogens is 1. The lowest BCUT2D eigenvalue weighted by Crippen LogP contribution is -1.77. The molecule has 0 atom stereocenters. The van der Waals surface area contributed by atoms with Gasteiger partial charge in [-0.15, -0.1) is 0 Å². The average molecular weight is 321 g/mol. The van der Waals surface area contributed by atoms with E-state index < -0.39 is 0 Å². The molecular weight excluding hydrogens is 308 g/mol. The van der Waals surface area contributed by atoms with Gasteiger partial charge in [-0.25, -0.2) is 0 Å². The van der Waals surface area contributed by atoms with E-state index in [0.717, 1.165) is 19.9 Å². The van der Waals surface area contributed by atoms with Gasteiger partial charge in [0.05, 0.1) is 0 Å². The van der Waals surface area contributed by atoms with Gasteiger partial charge >= 0.3 is 0 Å². The van der Waals surface area contributed by atoms with Gasteiger partial charge in [-0.05, 0) is 51.2 Å². The highest BCUT2D eigenvalue weighted by Gasteiger charge is 1.97. The Kier molecular flexibility index (Phi) is 4.44. The fraction of sp³-hybridized carbons (Fsp3) is 0.0714. The second-order valence-electron chi connectivity index (χ2n) is 3.70. The van der Waals surface area contributed by atoms with Crippen molar-refractivity contribution in [2.24, 2.45) is 4.99 Å². The van der Waals surface area contributed by atoms with E-state index in [1.54, 1.807) is 7.05 Å². The molecule has 92 valence electrons. The summed E-state index contributed by atoms with van der Waals surface area (Å²) in [4.78, 5) is 8.14. The van der Waals surface area contributed by atoms with Crippen molar-refractivity contribution in [3.05, 3.63) is 53.6 Å². The zero-order chi connectivity index (χ0) is 13.0. The maximum Gasteiger partial charge on any atom is 0.138 e. The van der Waals surface area contributed by atoms with Gasteiger partial charge in [0.25, 0.3) is 0 Å². The minimum atomic E-state index is 0.832. The molecule has 2 aromatic rings. The highest BCUT2D eigenvalue weighted by atomic mass is 79.9. The first-order valence-corrected chi connectivity index (χ1v) is 7.04. The largest absolute Gasteiger partial charge is 0.361 e. The SMILES string of the molecule is C=C(/C=C/c1ccc2[nH]ccc2c1)SC(Br)=NC. The summed E-state index contributed by atoms with van der Waals surface area (Å²) < 4.78 is 0.832. The maximum absolute atomic E-state index is 4.01. The highest BCUT2D eigenvalue weighted by Crippen LogP contribution is 2.22. The van der Waals surface area contributed by atoms with Gasteiger partial charge in [0.1, 0.15) is 3.95 Å². The Labute approximate surface area is 119 Å². The van der Waals surface area contributed by atoms with E-state index >= 15 is 0 Å². The number of nitrogens with one attached hydrogen (secondary N) is 1. The minimum Gasteiger partial charge on any atom is -0.361 e. The molecule has 0 aliphatic rings. The van der Waals surface area contributed by atoms with E-state index in [-0.39, 0.29) is 0 Å². The predicted molar refractivity (Wildman–Crippen MR) is 86.3 cm³/mol. The number of allylic oxidation sites excluding steroid dienone is 1. The van der Waals surface area contributed by atoms with Crippen molar-refractivity contribution >= 4 is 48.6 Å². The zero-order valence-corrected chi connectivity index (χ0v) is 12.4. The number of hydrogen-bond acceptors (Lipinski definition) is 2. The van der Waals surface area contributed by atoms with Crippen LogP contribution in [0, 0.1) is 0 Å². The molecule has 0 unspecified atom stereocenters. The molecular formula is C14H13BrN2S. The van der Waals surface area contributed by atoms with Crippen molar-refractivity contribution in [3.63, 3.8) is 0 Å². The van der Waals surface area contributed by atoms with Crippen LogP contribution in [-0.2, 0) is 0 Å². The van der Waals surface area contributed by atoms with E-state index in [9.17, 15) is 0 Å². The molecule has 1 aromatic carbocycles. The summed E-state index contributed by atoms with van der Waals surface area (Å²) in [5, 5.41) is 1.21. The lowest BCUT2D eigenvalue weighted by Gasteiger charge is -1.98. The average Bonchev–Trinajstić information content (AvgIpc) is 2.83. The van der Waals surface area contributed by atoms with Crippen molar-refractivity contribution in [3.8, 4) is 0 Å². The molecule has 0 radical (unpaired) electrons. The summed E-state index contributed by atoms with van der Waals surface area (Å²) in [6.07, 6.45) is 5.99. The van der Waals surface area contributed by atoms with Crippen LogP contribution in [0.25, 0.3) is 17.0 Å². The van der Waals surface area contributed by atoms with Gasteiger partial charge in [-0.2, -0.15) is 0 Å². The van der Waals surface area contributed by atoms with Crippen LogP contribution in [0.2, 0.25) is 0 Å². The van der Waals surface area contributed by atoms with Crippen LogP contribution >= 0.6 is 27.7 Å². The number of rotatable bonds is 3. The van der Waals surface area contributed by atoms with E-state index in [1.807, 2.05) is 12.3 Å². The normalized spacial score (nSPS) is 12.4. The quantitative estimate of drug-likeness (QED) is 0.490. The van der Waals surface area contributed by atoms with Gasteiger partial charge in [-0.3, -0.25) is 4.99 Å². The van der Waals surface area contributed by atoms with Crippen molar-refractivity contribution < 1.29 is 0 Å². The number of aromatic amines is 1. The van der Waals surface area contributed by atoms with Crippen LogP contribution in [0.15, 0.2) is 53.0 Å². The third kappa shape index (κ3) is 3.37. The highest BCUT2D eigenvalue weighted by molar-refractivity contribution is 9.22. The predicted octanol–water partition coefficient (Wildman–Crippen LogP) is 4.81. The lowest BCUT2D eigenvalue weighted by molar-refractivity contribution is 1.48. The van der Waals surface area contributed by atoms with Gasteiger partial charge < -0.3 is 4.98 Å². The Morgan fingerprint density at radius 3 is 3.06 bits per heavy atom. The number of benzene rings is 1. The summed E-state index contributed by atoms with van der Waals surface area (Å²) in [7, 11) is 1.74. The Hall–Kier alpha value is -1.26. The van der Waals surface area contributed by atoms with E-state index in [1.165, 1.54) is 17.1 Å². The molecule has 0 amide bonds. The number of thioether (sulfide) groups is 1. The minimum absolute atomic E-state index is 0.832. The topological polar surface area (TPSA) is 28.1 Å². The summed E-state index contributed by atoms with van der Waals surface area (Å²) in [5.41, 5.74) is 2.31. The summed E-state index contributed by atoms with van der Waals surface area (Å²) in [5.74, 6) is 0. The van der Waals surface area contributed by atoms with Crippen molar-refractivity contribution in [1.29, 1.82) is 0 Å². The molecule has 0 aliphatic carbocycles. The Morgan fingerprint density at radius 1 is 1.44 bits per heavy atom. The van der Waals surface area contributed by atoms with Gasteiger partial charge in [0, 0.05) is 23.7 Å². The smallest absolute Gasteiger partial charge is 0.138 e. The van der Waals surface area contributed by atoms with E-state index in [0.29, 0.717) is 0 Å². The molecule has 0 bridgehead atoms. The van der Waals surface area contributed by atoms with Gasteiger partial charge in [0.2, 0.25) is 0 Å². The molecule has 0 spiro atoms. The third-order valence-electron chi connectivity index (χ3n) is 2.43. The van der Waals surface area contributed by atoms with Crippen molar-refractivity contribution in [2.45, 2.75) is 0 Å². The molecule has 1 N–H and O–H groups in total. The van der Waals surface area contributed by atoms with Gasteiger partial charge in [0.15, 0.2) is 0 Å². The first-order valence-electron chi connectivity index (χ1n) is 5.43. The Morgan fingerprint density at radius 2 is 2.28 bits per heavy atom. The first-order chi connectivity index (χ1) is 8.69.